The quantitative estimate of drug-likeness (QED) is 0.847. The van der Waals surface area contributed by atoms with Crippen LogP contribution in [0.15, 0.2) is 0 Å². The topological polar surface area (TPSA) is 32.3 Å². The molecule has 1 aliphatic heterocycles. The highest BCUT2D eigenvalue weighted by molar-refractivity contribution is 5.89. The number of nitrogens with one attached hydrogen (secondary N) is 1. The van der Waals surface area contributed by atoms with Crippen LogP contribution in [0.25, 0.3) is 0 Å². The molecular weight excluding hydrogens is 236 g/mol. The van der Waals surface area contributed by atoms with Crippen molar-refractivity contribution in [2.75, 3.05) is 6.54 Å². The molecule has 2 saturated carbocycles. The summed E-state index contributed by atoms with van der Waals surface area (Å²) in [7, 11) is 0. The van der Waals surface area contributed by atoms with E-state index in [4.69, 9.17) is 0 Å². The maximum Gasteiger partial charge on any atom is 0.244 e. The smallest absolute Gasteiger partial charge is 0.244 e. The minimum atomic E-state index is -0.183. The van der Waals surface area contributed by atoms with E-state index in [0.29, 0.717) is 18.0 Å². The van der Waals surface area contributed by atoms with Gasteiger partial charge >= 0.3 is 0 Å². The fourth-order valence-corrected chi connectivity index (χ4v) is 3.96. The lowest BCUT2D eigenvalue weighted by Crippen LogP contribution is -2.44. The summed E-state index contributed by atoms with van der Waals surface area (Å²) >= 11 is 0. The zero-order valence-electron chi connectivity index (χ0n) is 12.6. The molecule has 1 saturated heterocycles. The van der Waals surface area contributed by atoms with Gasteiger partial charge in [0, 0.05) is 6.54 Å². The van der Waals surface area contributed by atoms with Crippen LogP contribution in [0.1, 0.15) is 59.3 Å². The molecule has 1 N–H and O–H groups in total. The van der Waals surface area contributed by atoms with Crippen LogP contribution in [0.4, 0.5) is 0 Å². The monoisotopic (exact) mass is 264 g/mol. The zero-order valence-corrected chi connectivity index (χ0v) is 12.6. The molecular formula is C16H28N2O. The van der Waals surface area contributed by atoms with Gasteiger partial charge in [0.05, 0.1) is 11.7 Å². The van der Waals surface area contributed by atoms with Crippen LogP contribution >= 0.6 is 0 Å². The van der Waals surface area contributed by atoms with E-state index in [-0.39, 0.29) is 5.54 Å². The van der Waals surface area contributed by atoms with Crippen molar-refractivity contribution < 1.29 is 4.79 Å². The molecule has 19 heavy (non-hydrogen) atoms. The van der Waals surface area contributed by atoms with Crippen LogP contribution in [0.2, 0.25) is 0 Å². The lowest BCUT2D eigenvalue weighted by atomic mass is 9.98. The van der Waals surface area contributed by atoms with Crippen LogP contribution in [-0.4, -0.2) is 29.1 Å². The van der Waals surface area contributed by atoms with Gasteiger partial charge in [-0.05, 0) is 43.4 Å². The second-order valence-corrected chi connectivity index (χ2v) is 7.51. The van der Waals surface area contributed by atoms with Crippen molar-refractivity contribution in [1.82, 2.24) is 10.2 Å². The van der Waals surface area contributed by atoms with Crippen molar-refractivity contribution in [1.29, 1.82) is 0 Å². The third-order valence-corrected chi connectivity index (χ3v) is 5.35. The maximum absolute atomic E-state index is 12.9. The summed E-state index contributed by atoms with van der Waals surface area (Å²) in [4.78, 5) is 15.0. The van der Waals surface area contributed by atoms with Crippen molar-refractivity contribution in [3.05, 3.63) is 0 Å². The van der Waals surface area contributed by atoms with Gasteiger partial charge in [0.2, 0.25) is 5.91 Å². The lowest BCUT2D eigenvalue weighted by Gasteiger charge is -2.25. The molecule has 3 aliphatic rings. The molecule has 3 unspecified atom stereocenters. The number of carbonyl (C=O) groups is 1. The highest BCUT2D eigenvalue weighted by Gasteiger charge is 2.53. The molecule has 3 rings (SSSR count). The molecule has 0 radical (unpaired) electrons. The van der Waals surface area contributed by atoms with E-state index < -0.39 is 0 Å². The fraction of sp³-hybridized carbons (Fsp3) is 0.938. The summed E-state index contributed by atoms with van der Waals surface area (Å²) in [5.41, 5.74) is -0.183. The van der Waals surface area contributed by atoms with Gasteiger partial charge in [0.15, 0.2) is 0 Å². The Hall–Kier alpha value is -0.570. The molecule has 1 spiro atoms. The Labute approximate surface area is 117 Å². The number of hydrogen-bond acceptors (Lipinski definition) is 2. The first-order valence-electron chi connectivity index (χ1n) is 8.10. The molecule has 1 heterocycles. The van der Waals surface area contributed by atoms with Gasteiger partial charge in [-0.3, -0.25) is 10.1 Å². The Morgan fingerprint density at radius 1 is 1.37 bits per heavy atom. The average molecular weight is 264 g/mol. The maximum atomic E-state index is 12.9. The number of hydrogen-bond donors (Lipinski definition) is 1. The van der Waals surface area contributed by atoms with Crippen molar-refractivity contribution >= 4 is 5.91 Å². The predicted molar refractivity (Wildman–Crippen MR) is 76.6 cm³/mol. The molecule has 0 aromatic rings. The predicted octanol–water partition coefficient (Wildman–Crippen LogP) is 2.76. The third kappa shape index (κ3) is 2.42. The third-order valence-electron chi connectivity index (χ3n) is 5.35. The highest BCUT2D eigenvalue weighted by atomic mass is 16.2. The molecule has 0 bridgehead atoms. The number of amides is 1. The highest BCUT2D eigenvalue weighted by Crippen LogP contribution is 2.42. The summed E-state index contributed by atoms with van der Waals surface area (Å²) < 4.78 is 0. The first-order valence-corrected chi connectivity index (χ1v) is 8.10. The van der Waals surface area contributed by atoms with Gasteiger partial charge in [0.1, 0.15) is 0 Å². The summed E-state index contributed by atoms with van der Waals surface area (Å²) in [6, 6.07) is 0. The molecule has 0 aromatic carbocycles. The van der Waals surface area contributed by atoms with Crippen LogP contribution in [0.3, 0.4) is 0 Å². The van der Waals surface area contributed by atoms with Gasteiger partial charge in [-0.2, -0.15) is 0 Å². The van der Waals surface area contributed by atoms with Gasteiger partial charge in [-0.1, -0.05) is 33.6 Å². The van der Waals surface area contributed by atoms with Gasteiger partial charge in [0.25, 0.3) is 0 Å². The molecule has 3 atom stereocenters. The Morgan fingerprint density at radius 2 is 2.00 bits per heavy atom. The zero-order chi connectivity index (χ0) is 13.6. The number of rotatable bonds is 4. The molecule has 3 heteroatoms. The van der Waals surface area contributed by atoms with E-state index in [1.165, 1.54) is 19.3 Å². The number of nitrogens with zero attached hydrogens (tertiary/aromatic N) is 1. The van der Waals surface area contributed by atoms with Crippen molar-refractivity contribution in [3.8, 4) is 0 Å². The SMILES string of the molecule is CC(C)CC1NC2(CCCC2)C(=O)N1CC1CC1C. The Kier molecular flexibility index (Phi) is 3.36. The molecule has 108 valence electrons. The average Bonchev–Trinajstić information content (AvgIpc) is 2.76. The van der Waals surface area contributed by atoms with Crippen molar-refractivity contribution in [3.63, 3.8) is 0 Å². The van der Waals surface area contributed by atoms with Crippen LogP contribution in [-0.2, 0) is 4.79 Å². The Morgan fingerprint density at radius 3 is 2.53 bits per heavy atom. The fourth-order valence-electron chi connectivity index (χ4n) is 3.96. The van der Waals surface area contributed by atoms with E-state index in [1.54, 1.807) is 0 Å². The van der Waals surface area contributed by atoms with Crippen LogP contribution in [0, 0.1) is 17.8 Å². The minimum Gasteiger partial charge on any atom is -0.325 e. The largest absolute Gasteiger partial charge is 0.325 e. The first-order chi connectivity index (χ1) is 9.02. The summed E-state index contributed by atoms with van der Waals surface area (Å²) in [5.74, 6) is 2.64. The second kappa shape index (κ2) is 4.76. The van der Waals surface area contributed by atoms with E-state index >= 15 is 0 Å². The summed E-state index contributed by atoms with van der Waals surface area (Å²) in [6.45, 7) is 7.81. The summed E-state index contributed by atoms with van der Waals surface area (Å²) in [5, 5.41) is 3.72. The first kappa shape index (κ1) is 13.4. The number of carbonyl (C=O) groups excluding carboxylic acids is 1. The normalized spacial score (nSPS) is 36.7. The standard InChI is InChI=1S/C16H28N2O/c1-11(2)8-14-17-16(6-4-5-7-16)15(19)18(14)10-13-9-12(13)3/h11-14,17H,4-10H2,1-3H3. The van der Waals surface area contributed by atoms with Crippen LogP contribution < -0.4 is 5.32 Å². The molecule has 3 nitrogen and oxygen atoms in total. The lowest BCUT2D eigenvalue weighted by molar-refractivity contribution is -0.133. The van der Waals surface area contributed by atoms with Gasteiger partial charge in [-0.25, -0.2) is 0 Å². The van der Waals surface area contributed by atoms with E-state index in [2.05, 4.69) is 31.0 Å². The van der Waals surface area contributed by atoms with Gasteiger partial charge in [-0.15, -0.1) is 0 Å². The second-order valence-electron chi connectivity index (χ2n) is 7.51. The van der Waals surface area contributed by atoms with Crippen LogP contribution in [0.5, 0.6) is 0 Å². The van der Waals surface area contributed by atoms with E-state index in [9.17, 15) is 4.79 Å². The molecule has 1 amide bonds. The molecule has 0 aromatic heterocycles. The van der Waals surface area contributed by atoms with E-state index in [0.717, 1.165) is 37.6 Å². The Balaban J connectivity index is 1.74. The molecule has 3 fully saturated rings. The molecule has 2 aliphatic carbocycles. The van der Waals surface area contributed by atoms with Crippen molar-refractivity contribution in [2.45, 2.75) is 71.0 Å². The van der Waals surface area contributed by atoms with Crippen molar-refractivity contribution in [2.24, 2.45) is 17.8 Å². The minimum absolute atomic E-state index is 0.183. The van der Waals surface area contributed by atoms with E-state index in [1.807, 2.05) is 0 Å². The summed E-state index contributed by atoms with van der Waals surface area (Å²) in [6.07, 6.45) is 7.22. The Bertz CT molecular complexity index is 360. The van der Waals surface area contributed by atoms with Gasteiger partial charge < -0.3 is 4.90 Å².